The molecule has 0 aliphatic carbocycles. The van der Waals surface area contributed by atoms with Crippen LogP contribution < -0.4 is 0 Å². The molecule has 1 N–H and O–H groups in total. The molecule has 0 spiro atoms. The van der Waals surface area contributed by atoms with E-state index in [1.807, 2.05) is 0 Å². The maximum Gasteiger partial charge on any atom is 0.457 e. The summed E-state index contributed by atoms with van der Waals surface area (Å²) in [4.78, 5) is 0. The lowest BCUT2D eigenvalue weighted by Crippen LogP contribution is -2.76. The molecule has 0 fully saturated rings. The SMILES string of the molecule is OC(C(F)(F)F)(C(F)(F)C(F)(F)F)C(F)(F)C(F)(F)F. The van der Waals surface area contributed by atoms with Crippen LogP contribution in [0.15, 0.2) is 0 Å². The first-order valence-corrected chi connectivity index (χ1v) is 3.93. The highest BCUT2D eigenvalue weighted by molar-refractivity contribution is 5.13. The first-order valence-electron chi connectivity index (χ1n) is 3.93. The second-order valence-corrected chi connectivity index (χ2v) is 3.35. The summed E-state index contributed by atoms with van der Waals surface area (Å²) in [5.41, 5.74) is -7.72. The van der Waals surface area contributed by atoms with Gasteiger partial charge >= 0.3 is 36.0 Å². The van der Waals surface area contributed by atoms with E-state index in [1.165, 1.54) is 0 Å². The van der Waals surface area contributed by atoms with Crippen LogP contribution in [-0.2, 0) is 0 Å². The molecule has 0 atom stereocenters. The van der Waals surface area contributed by atoms with Gasteiger partial charge in [0.25, 0.3) is 0 Å². The molecule has 0 radical (unpaired) electrons. The highest BCUT2D eigenvalue weighted by atomic mass is 19.4. The van der Waals surface area contributed by atoms with E-state index in [0.29, 0.717) is 0 Å². The van der Waals surface area contributed by atoms with Crippen molar-refractivity contribution in [1.82, 2.24) is 0 Å². The molecule has 0 amide bonds. The van der Waals surface area contributed by atoms with Crippen LogP contribution in [-0.4, -0.2) is 41.1 Å². The number of halogens is 13. The van der Waals surface area contributed by atoms with Gasteiger partial charge in [-0.3, -0.25) is 0 Å². The van der Waals surface area contributed by atoms with Crippen molar-refractivity contribution in [2.75, 3.05) is 0 Å². The van der Waals surface area contributed by atoms with E-state index in [2.05, 4.69) is 0 Å². The van der Waals surface area contributed by atoms with E-state index in [0.717, 1.165) is 0 Å². The summed E-state index contributed by atoms with van der Waals surface area (Å²) in [5, 5.41) is 8.01. The lowest BCUT2D eigenvalue weighted by molar-refractivity contribution is -0.477. The minimum atomic E-state index is -7.82. The number of aliphatic hydroxyl groups is 1. The molecule has 0 saturated carbocycles. The molecule has 0 saturated heterocycles. The third kappa shape index (κ3) is 2.26. The maximum absolute atomic E-state index is 12.4. The van der Waals surface area contributed by atoms with E-state index in [-0.39, 0.29) is 0 Å². The van der Waals surface area contributed by atoms with Crippen LogP contribution in [0.2, 0.25) is 0 Å². The Bertz CT molecular complexity index is 331. The number of alkyl halides is 13. The fourth-order valence-corrected chi connectivity index (χ4v) is 0.963. The van der Waals surface area contributed by atoms with Gasteiger partial charge in [-0.25, -0.2) is 0 Å². The smallest absolute Gasteiger partial charge is 0.371 e. The number of hydrogen-bond acceptors (Lipinski definition) is 1. The van der Waals surface area contributed by atoms with Crippen molar-refractivity contribution < 1.29 is 62.2 Å². The highest BCUT2D eigenvalue weighted by Gasteiger charge is 2.93. The highest BCUT2D eigenvalue weighted by Crippen LogP contribution is 2.60. The molecule has 122 valence electrons. The molecule has 0 aromatic heterocycles. The van der Waals surface area contributed by atoms with Gasteiger partial charge in [0.1, 0.15) is 0 Å². The van der Waals surface area contributed by atoms with Gasteiger partial charge in [0, 0.05) is 0 Å². The van der Waals surface area contributed by atoms with Gasteiger partial charge in [-0.1, -0.05) is 0 Å². The molecule has 1 nitrogen and oxygen atoms in total. The van der Waals surface area contributed by atoms with Crippen LogP contribution in [0, 0.1) is 0 Å². The third-order valence-electron chi connectivity index (χ3n) is 2.03. The standard InChI is InChI=1S/C6HF13O/c7-2(8,5(14,15)16)1(20,4(11,12)13)3(9,10)6(17,18)19/h20H. The zero-order chi connectivity index (χ0) is 17.0. The summed E-state index contributed by atoms with van der Waals surface area (Å²) < 4.78 is 156. The Morgan fingerprint density at radius 2 is 0.600 bits per heavy atom. The number of rotatable bonds is 2. The fraction of sp³-hybridized carbons (Fsp3) is 1.00. The summed E-state index contributed by atoms with van der Waals surface area (Å²) in [5.74, 6) is -15.6. The molecule has 0 rings (SSSR count). The second kappa shape index (κ2) is 4.27. The van der Waals surface area contributed by atoms with E-state index in [1.54, 1.807) is 0 Å². The normalized spacial score (nSPS) is 16.5. The Morgan fingerprint density at radius 1 is 0.400 bits per heavy atom. The van der Waals surface area contributed by atoms with Crippen LogP contribution in [0.5, 0.6) is 0 Å². The van der Waals surface area contributed by atoms with E-state index in [9.17, 15) is 57.1 Å². The van der Waals surface area contributed by atoms with Gasteiger partial charge in [0.05, 0.1) is 0 Å². The summed E-state index contributed by atoms with van der Waals surface area (Å²) in [6, 6.07) is 0. The predicted octanol–water partition coefficient (Wildman–Crippen LogP) is 3.67. The van der Waals surface area contributed by atoms with E-state index >= 15 is 0 Å². The van der Waals surface area contributed by atoms with Crippen molar-refractivity contribution in [2.24, 2.45) is 0 Å². The van der Waals surface area contributed by atoms with Gasteiger partial charge < -0.3 is 5.11 Å². The average Bonchev–Trinajstić information content (AvgIpc) is 2.10. The molecule has 20 heavy (non-hydrogen) atoms. The fourth-order valence-electron chi connectivity index (χ4n) is 0.963. The Balaban J connectivity index is 6.50. The minimum Gasteiger partial charge on any atom is -0.371 e. The molecule has 0 aromatic carbocycles. The van der Waals surface area contributed by atoms with Crippen LogP contribution >= 0.6 is 0 Å². The lowest BCUT2D eigenvalue weighted by atomic mass is 9.86. The Kier molecular flexibility index (Phi) is 4.07. The summed E-state index contributed by atoms with van der Waals surface area (Å²) >= 11 is 0. The van der Waals surface area contributed by atoms with Crippen molar-refractivity contribution in [3.8, 4) is 0 Å². The molecule has 0 bridgehead atoms. The molecule has 0 unspecified atom stereocenters. The molecular formula is C6HF13O. The first kappa shape index (κ1) is 19.1. The van der Waals surface area contributed by atoms with Gasteiger partial charge in [-0.2, -0.15) is 57.1 Å². The Morgan fingerprint density at radius 3 is 0.700 bits per heavy atom. The monoisotopic (exact) mass is 336 g/mol. The zero-order valence-electron chi connectivity index (χ0n) is 8.36. The van der Waals surface area contributed by atoms with Crippen molar-refractivity contribution in [3.05, 3.63) is 0 Å². The zero-order valence-corrected chi connectivity index (χ0v) is 8.36. The molecule has 0 heterocycles. The van der Waals surface area contributed by atoms with Gasteiger partial charge in [-0.15, -0.1) is 0 Å². The van der Waals surface area contributed by atoms with Gasteiger partial charge in [0.15, 0.2) is 0 Å². The predicted molar refractivity (Wildman–Crippen MR) is 33.0 cm³/mol. The summed E-state index contributed by atoms with van der Waals surface area (Å²) in [6.07, 6.45) is -22.7. The largest absolute Gasteiger partial charge is 0.457 e. The van der Waals surface area contributed by atoms with Gasteiger partial charge in [-0.05, 0) is 0 Å². The van der Waals surface area contributed by atoms with Crippen molar-refractivity contribution in [3.63, 3.8) is 0 Å². The average molecular weight is 336 g/mol. The molecule has 14 heteroatoms. The van der Waals surface area contributed by atoms with Crippen molar-refractivity contribution in [1.29, 1.82) is 0 Å². The first-order chi connectivity index (χ1) is 8.25. The Labute approximate surface area is 99.5 Å². The van der Waals surface area contributed by atoms with Gasteiger partial charge in [0.2, 0.25) is 0 Å². The third-order valence-corrected chi connectivity index (χ3v) is 2.03. The summed E-state index contributed by atoms with van der Waals surface area (Å²) in [6.45, 7) is 0. The molecular weight excluding hydrogens is 335 g/mol. The van der Waals surface area contributed by atoms with Crippen LogP contribution in [0.1, 0.15) is 0 Å². The van der Waals surface area contributed by atoms with Crippen LogP contribution in [0.3, 0.4) is 0 Å². The minimum absolute atomic E-state index is 7.52. The second-order valence-electron chi connectivity index (χ2n) is 3.35. The van der Waals surface area contributed by atoms with E-state index in [4.69, 9.17) is 5.11 Å². The molecule has 0 aliphatic heterocycles. The quantitative estimate of drug-likeness (QED) is 0.763. The van der Waals surface area contributed by atoms with Crippen molar-refractivity contribution in [2.45, 2.75) is 36.0 Å². The van der Waals surface area contributed by atoms with E-state index < -0.39 is 36.0 Å². The number of hydrogen-bond donors (Lipinski definition) is 1. The summed E-state index contributed by atoms with van der Waals surface area (Å²) in [7, 11) is 0. The molecule has 0 aromatic rings. The van der Waals surface area contributed by atoms with Crippen LogP contribution in [0.4, 0.5) is 57.1 Å². The maximum atomic E-state index is 12.4. The lowest BCUT2D eigenvalue weighted by Gasteiger charge is -2.42. The van der Waals surface area contributed by atoms with Crippen LogP contribution in [0.25, 0.3) is 0 Å². The Hall–Kier alpha value is -0.950. The topological polar surface area (TPSA) is 20.2 Å². The van der Waals surface area contributed by atoms with Crippen molar-refractivity contribution >= 4 is 0 Å². The molecule has 0 aliphatic rings.